The number of azide groups is 1. The summed E-state index contributed by atoms with van der Waals surface area (Å²) in [5, 5.41) is 12.6. The summed E-state index contributed by atoms with van der Waals surface area (Å²) in [5.74, 6) is 6.40. The van der Waals surface area contributed by atoms with Crippen molar-refractivity contribution in [3.8, 4) is 23.7 Å². The van der Waals surface area contributed by atoms with E-state index < -0.39 is 0 Å². The maximum Gasteiger partial charge on any atom is 0.138 e. The van der Waals surface area contributed by atoms with Crippen LogP contribution in [-0.2, 0) is 6.61 Å². The van der Waals surface area contributed by atoms with Crippen molar-refractivity contribution >= 4 is 0 Å². The van der Waals surface area contributed by atoms with E-state index in [9.17, 15) is 0 Å². The number of hydrogen-bond donors (Lipinski definition) is 0. The van der Waals surface area contributed by atoms with Gasteiger partial charge in [-0.1, -0.05) is 47.3 Å². The molecule has 2 aromatic carbocycles. The van der Waals surface area contributed by atoms with Crippen molar-refractivity contribution < 1.29 is 4.74 Å². The molecule has 0 spiro atoms. The van der Waals surface area contributed by atoms with Gasteiger partial charge in [0, 0.05) is 23.4 Å². The molecule has 0 aromatic heterocycles. The Labute approximate surface area is 134 Å². The van der Waals surface area contributed by atoms with Crippen LogP contribution < -0.4 is 4.74 Å². The maximum absolute atomic E-state index is 9.17. The van der Waals surface area contributed by atoms with Gasteiger partial charge in [-0.2, -0.15) is 5.26 Å². The number of ether oxygens (including phenoxy) is 1. The van der Waals surface area contributed by atoms with Crippen LogP contribution in [0.2, 0.25) is 0 Å². The van der Waals surface area contributed by atoms with Gasteiger partial charge in [-0.05, 0) is 29.3 Å². The Morgan fingerprint density at radius 3 is 2.74 bits per heavy atom. The molecule has 0 N–H and O–H groups in total. The normalized spacial score (nSPS) is 9.00. The molecule has 5 heteroatoms. The predicted octanol–water partition coefficient (Wildman–Crippen LogP) is 4.19. The highest BCUT2D eigenvalue weighted by atomic mass is 16.5. The summed E-state index contributed by atoms with van der Waals surface area (Å²) in [6.45, 7) is 0.737. The first-order chi connectivity index (χ1) is 11.3. The summed E-state index contributed by atoms with van der Waals surface area (Å²) in [7, 11) is 0. The minimum absolute atomic E-state index is 0.344. The third-order valence-corrected chi connectivity index (χ3v) is 2.97. The summed E-state index contributed by atoms with van der Waals surface area (Å²) in [4.78, 5) is 2.67. The van der Waals surface area contributed by atoms with Crippen LogP contribution in [0.5, 0.6) is 5.75 Å². The van der Waals surface area contributed by atoms with Crippen LogP contribution in [0.1, 0.15) is 23.1 Å². The number of nitriles is 1. The van der Waals surface area contributed by atoms with E-state index in [1.165, 1.54) is 0 Å². The van der Waals surface area contributed by atoms with Crippen molar-refractivity contribution in [3.63, 3.8) is 0 Å². The van der Waals surface area contributed by atoms with Crippen molar-refractivity contribution in [2.24, 2.45) is 5.11 Å². The average molecular weight is 302 g/mol. The summed E-state index contributed by atoms with van der Waals surface area (Å²) >= 11 is 0. The van der Waals surface area contributed by atoms with E-state index in [4.69, 9.17) is 15.5 Å². The van der Waals surface area contributed by atoms with Crippen molar-refractivity contribution in [2.45, 2.75) is 13.0 Å². The number of hydrogen-bond acceptors (Lipinski definition) is 3. The topological polar surface area (TPSA) is 81.8 Å². The lowest BCUT2D eigenvalue weighted by atomic mass is 10.1. The fourth-order valence-corrected chi connectivity index (χ4v) is 1.86. The van der Waals surface area contributed by atoms with E-state index in [1.54, 1.807) is 18.2 Å². The zero-order chi connectivity index (χ0) is 16.3. The molecular weight excluding hydrogens is 288 g/mol. The van der Waals surface area contributed by atoms with E-state index in [2.05, 4.69) is 27.9 Å². The largest absolute Gasteiger partial charge is 0.487 e. The number of rotatable bonds is 5. The van der Waals surface area contributed by atoms with Gasteiger partial charge >= 0.3 is 0 Å². The Morgan fingerprint density at radius 1 is 1.17 bits per heavy atom. The van der Waals surface area contributed by atoms with Crippen LogP contribution in [0.3, 0.4) is 0 Å². The van der Waals surface area contributed by atoms with E-state index in [-0.39, 0.29) is 0 Å². The Bertz CT molecular complexity index is 806. The van der Waals surface area contributed by atoms with E-state index >= 15 is 0 Å². The summed E-state index contributed by atoms with van der Waals surface area (Å²) in [5.41, 5.74) is 10.5. The molecule has 2 aromatic rings. The molecule has 0 aliphatic rings. The van der Waals surface area contributed by atoms with Gasteiger partial charge < -0.3 is 4.74 Å². The highest BCUT2D eigenvalue weighted by Crippen LogP contribution is 2.20. The summed E-state index contributed by atoms with van der Waals surface area (Å²) in [6, 6.07) is 17.1. The lowest BCUT2D eigenvalue weighted by molar-refractivity contribution is 0.305. The molecule has 0 amide bonds. The second-order valence-electron chi connectivity index (χ2n) is 4.60. The van der Waals surface area contributed by atoms with Gasteiger partial charge in [-0.25, -0.2) is 0 Å². The molecule has 2 rings (SSSR count). The second-order valence-corrected chi connectivity index (χ2v) is 4.60. The first kappa shape index (κ1) is 16.0. The molecule has 0 fully saturated rings. The van der Waals surface area contributed by atoms with Crippen LogP contribution >= 0.6 is 0 Å². The molecule has 0 heterocycles. The van der Waals surface area contributed by atoms with Crippen LogP contribution in [0, 0.1) is 23.2 Å². The van der Waals surface area contributed by atoms with Gasteiger partial charge in [0.05, 0.1) is 5.56 Å². The van der Waals surface area contributed by atoms with Crippen LogP contribution in [0.15, 0.2) is 53.6 Å². The molecule has 0 aliphatic carbocycles. The van der Waals surface area contributed by atoms with Gasteiger partial charge in [0.2, 0.25) is 0 Å². The van der Waals surface area contributed by atoms with Gasteiger partial charge in [0.25, 0.3) is 0 Å². The molecular formula is C18H14N4O. The number of benzene rings is 2. The minimum Gasteiger partial charge on any atom is -0.487 e. The highest BCUT2D eigenvalue weighted by Gasteiger charge is 2.04. The Hall–Kier alpha value is -3.40. The van der Waals surface area contributed by atoms with Crippen molar-refractivity contribution in [1.82, 2.24) is 0 Å². The first-order valence-electron chi connectivity index (χ1n) is 7.04. The number of nitrogens with zero attached hydrogens (tertiary/aromatic N) is 4. The molecule has 0 atom stereocenters. The quantitative estimate of drug-likeness (QED) is 0.273. The molecule has 0 aliphatic heterocycles. The zero-order valence-electron chi connectivity index (χ0n) is 12.4. The molecule has 0 bridgehead atoms. The molecule has 0 saturated carbocycles. The molecule has 23 heavy (non-hydrogen) atoms. The Kier molecular flexibility index (Phi) is 6.11. The van der Waals surface area contributed by atoms with Gasteiger partial charge in [0.15, 0.2) is 0 Å². The van der Waals surface area contributed by atoms with Gasteiger partial charge in [-0.15, -0.1) is 0 Å². The highest BCUT2D eigenvalue weighted by molar-refractivity contribution is 5.49. The zero-order valence-corrected chi connectivity index (χ0v) is 12.4. The third kappa shape index (κ3) is 5.13. The minimum atomic E-state index is 0.344. The summed E-state index contributed by atoms with van der Waals surface area (Å²) < 4.78 is 5.74. The summed E-state index contributed by atoms with van der Waals surface area (Å²) in [6.07, 6.45) is 0.490. The molecule has 0 saturated heterocycles. The smallest absolute Gasteiger partial charge is 0.138 e. The van der Waals surface area contributed by atoms with Crippen LogP contribution in [0.25, 0.3) is 10.4 Å². The van der Waals surface area contributed by atoms with E-state index in [0.29, 0.717) is 30.9 Å². The third-order valence-electron chi connectivity index (χ3n) is 2.97. The monoisotopic (exact) mass is 302 g/mol. The lowest BCUT2D eigenvalue weighted by Crippen LogP contribution is -1.97. The lowest BCUT2D eigenvalue weighted by Gasteiger charge is -2.08. The first-order valence-corrected chi connectivity index (χ1v) is 7.04. The van der Waals surface area contributed by atoms with Crippen molar-refractivity contribution in [1.29, 1.82) is 5.26 Å². The van der Waals surface area contributed by atoms with Gasteiger partial charge in [0.1, 0.15) is 18.4 Å². The standard InChI is InChI=1S/C18H14N4O/c19-13-17-10-9-15(6-4-5-11-21-22-20)12-18(17)23-14-16-7-2-1-3-8-16/h1-3,7-10,12H,5,11,14H2. The maximum atomic E-state index is 9.17. The second kappa shape index (κ2) is 8.79. The van der Waals surface area contributed by atoms with Crippen LogP contribution in [-0.4, -0.2) is 6.54 Å². The fraction of sp³-hybridized carbons (Fsp3) is 0.167. The molecule has 112 valence electrons. The average Bonchev–Trinajstić information content (AvgIpc) is 2.61. The van der Waals surface area contributed by atoms with Gasteiger partial charge in [-0.3, -0.25) is 0 Å². The predicted molar refractivity (Wildman–Crippen MR) is 87.4 cm³/mol. The Balaban J connectivity index is 2.09. The van der Waals surface area contributed by atoms with Crippen molar-refractivity contribution in [2.75, 3.05) is 6.54 Å². The fourth-order valence-electron chi connectivity index (χ4n) is 1.86. The molecule has 0 radical (unpaired) electrons. The van der Waals surface area contributed by atoms with E-state index in [1.807, 2.05) is 30.3 Å². The Morgan fingerprint density at radius 2 is 2.00 bits per heavy atom. The molecule has 0 unspecified atom stereocenters. The van der Waals surface area contributed by atoms with E-state index in [0.717, 1.165) is 11.1 Å². The van der Waals surface area contributed by atoms with Crippen LogP contribution in [0.4, 0.5) is 0 Å². The SMILES string of the molecule is N#Cc1ccc(C#CCCN=[N+]=[N-])cc1OCc1ccccc1. The van der Waals surface area contributed by atoms with Crippen molar-refractivity contribution in [3.05, 3.63) is 75.7 Å². The molecule has 5 nitrogen and oxygen atoms in total.